The van der Waals surface area contributed by atoms with Crippen LogP contribution < -0.4 is 0 Å². The molecule has 0 saturated heterocycles. The average molecular weight is 581 g/mol. The smallest absolute Gasteiger partial charge is 0.248 e. The molecule has 0 aliphatic carbocycles. The Morgan fingerprint density at radius 3 is 1.22 bits per heavy atom. The predicted octanol–water partition coefficient (Wildman–Crippen LogP) is 9.53. The maximum atomic E-state index is 13.2. The van der Waals surface area contributed by atoms with Crippen LogP contribution in [0, 0.1) is 23.7 Å². The molecule has 0 aromatic rings. The van der Waals surface area contributed by atoms with Gasteiger partial charge in [0.05, 0.1) is 0 Å². The highest BCUT2D eigenvalue weighted by Crippen LogP contribution is 2.17. The minimum atomic E-state index is 0.0104. The molecule has 0 radical (unpaired) electrons. The van der Waals surface area contributed by atoms with Crippen LogP contribution in [0.5, 0.6) is 0 Å². The molecule has 0 heterocycles. The van der Waals surface area contributed by atoms with Gasteiger partial charge in [-0.25, -0.2) is 0 Å². The lowest BCUT2D eigenvalue weighted by atomic mass is 9.97. The minimum Gasteiger partial charge on any atom is -0.362 e. The van der Waals surface area contributed by atoms with Gasteiger partial charge in [0.1, 0.15) is 13.2 Å². The van der Waals surface area contributed by atoms with Gasteiger partial charge in [0.25, 0.3) is 0 Å². The highest BCUT2D eigenvalue weighted by molar-refractivity contribution is 5.79. The third kappa shape index (κ3) is 24.1. The number of hydrogen-bond donors (Lipinski definition) is 0. The van der Waals surface area contributed by atoms with Crippen LogP contribution in [-0.2, 0) is 14.3 Å². The zero-order valence-corrected chi connectivity index (χ0v) is 29.0. The van der Waals surface area contributed by atoms with E-state index in [-0.39, 0.29) is 25.0 Å². The van der Waals surface area contributed by atoms with Crippen LogP contribution in [-0.4, -0.2) is 61.0 Å². The molecular formula is C36H72N2O3. The van der Waals surface area contributed by atoms with Crippen molar-refractivity contribution in [3.63, 3.8) is 0 Å². The Hall–Kier alpha value is -1.10. The van der Waals surface area contributed by atoms with E-state index < -0.39 is 0 Å². The highest BCUT2D eigenvalue weighted by Gasteiger charge is 2.18. The van der Waals surface area contributed by atoms with Crippen LogP contribution in [0.3, 0.4) is 0 Å². The lowest BCUT2D eigenvalue weighted by Gasteiger charge is -2.26. The van der Waals surface area contributed by atoms with Crippen molar-refractivity contribution < 1.29 is 14.3 Å². The summed E-state index contributed by atoms with van der Waals surface area (Å²) in [5.41, 5.74) is 0. The zero-order valence-electron chi connectivity index (χ0n) is 29.0. The molecule has 2 atom stereocenters. The molecule has 0 aliphatic rings. The van der Waals surface area contributed by atoms with Gasteiger partial charge in [0, 0.05) is 26.2 Å². The van der Waals surface area contributed by atoms with Crippen LogP contribution in [0.25, 0.3) is 0 Å². The molecule has 2 unspecified atom stereocenters. The average Bonchev–Trinajstić information content (AvgIpc) is 2.91. The second kappa shape index (κ2) is 26.5. The van der Waals surface area contributed by atoms with E-state index in [1.807, 2.05) is 9.80 Å². The van der Waals surface area contributed by atoms with Crippen LogP contribution >= 0.6 is 0 Å². The summed E-state index contributed by atoms with van der Waals surface area (Å²) in [4.78, 5) is 30.3. The largest absolute Gasteiger partial charge is 0.362 e. The zero-order chi connectivity index (χ0) is 30.9. The molecule has 0 bridgehead atoms. The molecule has 0 saturated carbocycles. The number of hydrogen-bond acceptors (Lipinski definition) is 3. The number of amides is 2. The third-order valence-corrected chi connectivity index (χ3v) is 8.46. The van der Waals surface area contributed by atoms with Gasteiger partial charge in [0.15, 0.2) is 0 Å². The van der Waals surface area contributed by atoms with E-state index in [0.717, 1.165) is 76.5 Å². The Labute approximate surface area is 256 Å². The normalized spacial score (nSPS) is 13.1. The molecule has 5 nitrogen and oxygen atoms in total. The molecule has 0 rings (SSSR count). The molecule has 0 aromatic carbocycles. The Bertz CT molecular complexity index is 570. The van der Waals surface area contributed by atoms with Gasteiger partial charge in [-0.15, -0.1) is 0 Å². The molecular weight excluding hydrogens is 508 g/mol. The second-order valence-corrected chi connectivity index (χ2v) is 13.8. The Kier molecular flexibility index (Phi) is 25.8. The summed E-state index contributed by atoms with van der Waals surface area (Å²) in [5.74, 6) is 2.83. The van der Waals surface area contributed by atoms with Gasteiger partial charge >= 0.3 is 0 Å². The lowest BCUT2D eigenvalue weighted by Crippen LogP contribution is -2.39. The monoisotopic (exact) mass is 581 g/mol. The first-order valence-corrected chi connectivity index (χ1v) is 17.7. The van der Waals surface area contributed by atoms with Crippen LogP contribution in [0.4, 0.5) is 0 Å². The predicted molar refractivity (Wildman–Crippen MR) is 177 cm³/mol. The fourth-order valence-electron chi connectivity index (χ4n) is 5.38. The van der Waals surface area contributed by atoms with Gasteiger partial charge in [0.2, 0.25) is 11.8 Å². The number of unbranched alkanes of at least 4 members (excludes halogenated alkanes) is 6. The first-order chi connectivity index (χ1) is 19.6. The van der Waals surface area contributed by atoms with Gasteiger partial charge in [-0.05, 0) is 49.4 Å². The Balaban J connectivity index is 4.83. The van der Waals surface area contributed by atoms with Crippen molar-refractivity contribution in [1.82, 2.24) is 9.80 Å². The van der Waals surface area contributed by atoms with Gasteiger partial charge in [-0.2, -0.15) is 0 Å². The fraction of sp³-hybridized carbons (Fsp3) is 0.944. The summed E-state index contributed by atoms with van der Waals surface area (Å²) in [6.45, 7) is 21.4. The summed E-state index contributed by atoms with van der Waals surface area (Å²) in [7, 11) is 0. The maximum absolute atomic E-state index is 13.2. The van der Waals surface area contributed by atoms with Crippen molar-refractivity contribution in [3.05, 3.63) is 0 Å². The number of rotatable bonds is 28. The summed E-state index contributed by atoms with van der Waals surface area (Å²) in [6.07, 6.45) is 18.8. The third-order valence-electron chi connectivity index (χ3n) is 8.46. The maximum Gasteiger partial charge on any atom is 0.248 e. The fourth-order valence-corrected chi connectivity index (χ4v) is 5.38. The quantitative estimate of drug-likeness (QED) is 0.0866. The van der Waals surface area contributed by atoms with Crippen molar-refractivity contribution in [2.24, 2.45) is 23.7 Å². The number of carbonyl (C=O) groups excluding carboxylic acids is 2. The van der Waals surface area contributed by atoms with E-state index in [2.05, 4.69) is 55.4 Å². The first kappa shape index (κ1) is 39.9. The molecule has 5 heteroatoms. The van der Waals surface area contributed by atoms with Gasteiger partial charge in [-0.3, -0.25) is 9.59 Å². The lowest BCUT2D eigenvalue weighted by molar-refractivity contribution is -0.142. The van der Waals surface area contributed by atoms with E-state index in [4.69, 9.17) is 4.74 Å². The SMILES string of the molecule is CCCCCCN(CCC(C)CCCC(C)C)C(=O)COCC(=O)N(CCCCCC)CCC(C)CCCC(C)C. The Morgan fingerprint density at radius 2 is 0.878 bits per heavy atom. The highest BCUT2D eigenvalue weighted by atomic mass is 16.5. The summed E-state index contributed by atoms with van der Waals surface area (Å²) in [5, 5.41) is 0. The van der Waals surface area contributed by atoms with Crippen LogP contribution in [0.2, 0.25) is 0 Å². The van der Waals surface area contributed by atoms with E-state index in [1.54, 1.807) is 0 Å². The summed E-state index contributed by atoms with van der Waals surface area (Å²) >= 11 is 0. The first-order valence-electron chi connectivity index (χ1n) is 17.7. The number of ether oxygens (including phenoxy) is 1. The Morgan fingerprint density at radius 1 is 0.488 bits per heavy atom. The minimum absolute atomic E-state index is 0.0104. The number of nitrogens with zero attached hydrogens (tertiary/aromatic N) is 2. The van der Waals surface area contributed by atoms with E-state index >= 15 is 0 Å². The molecule has 0 fully saturated rings. The van der Waals surface area contributed by atoms with Crippen LogP contribution in [0.1, 0.15) is 158 Å². The van der Waals surface area contributed by atoms with Crippen LogP contribution in [0.15, 0.2) is 0 Å². The van der Waals surface area contributed by atoms with E-state index in [0.29, 0.717) is 11.8 Å². The second-order valence-electron chi connectivity index (χ2n) is 13.8. The van der Waals surface area contributed by atoms with Crippen molar-refractivity contribution in [1.29, 1.82) is 0 Å². The molecule has 0 N–H and O–H groups in total. The molecule has 41 heavy (non-hydrogen) atoms. The van der Waals surface area contributed by atoms with E-state index in [1.165, 1.54) is 64.2 Å². The number of carbonyl (C=O) groups is 2. The topological polar surface area (TPSA) is 49.9 Å². The molecule has 2 amide bonds. The summed E-state index contributed by atoms with van der Waals surface area (Å²) < 4.78 is 5.79. The summed E-state index contributed by atoms with van der Waals surface area (Å²) in [6, 6.07) is 0. The molecule has 0 aromatic heterocycles. The van der Waals surface area contributed by atoms with Gasteiger partial charge < -0.3 is 14.5 Å². The van der Waals surface area contributed by atoms with Gasteiger partial charge in [-0.1, -0.05) is 132 Å². The van der Waals surface area contributed by atoms with Crippen molar-refractivity contribution in [3.8, 4) is 0 Å². The van der Waals surface area contributed by atoms with Crippen molar-refractivity contribution in [2.75, 3.05) is 39.4 Å². The molecule has 0 aliphatic heterocycles. The molecule has 244 valence electrons. The van der Waals surface area contributed by atoms with Crippen molar-refractivity contribution >= 4 is 11.8 Å². The standard InChI is InChI=1S/C36H72N2O3/c1-9-11-13-15-25-37(27-23-33(7)21-17-19-31(3)4)35(39)29-41-30-36(40)38(26-16-14-12-10-2)28-24-34(8)22-18-20-32(5)6/h31-34H,9-30H2,1-8H3. The molecule has 0 spiro atoms. The van der Waals surface area contributed by atoms with Crippen molar-refractivity contribution in [2.45, 2.75) is 158 Å². The van der Waals surface area contributed by atoms with E-state index in [9.17, 15) is 9.59 Å².